The van der Waals surface area contributed by atoms with E-state index in [2.05, 4.69) is 48.1 Å². The van der Waals surface area contributed by atoms with Crippen LogP contribution in [0.3, 0.4) is 0 Å². The van der Waals surface area contributed by atoms with E-state index in [4.69, 9.17) is 48.4 Å². The van der Waals surface area contributed by atoms with E-state index in [9.17, 15) is 19.2 Å². The predicted octanol–water partition coefficient (Wildman–Crippen LogP) is 1.13. The van der Waals surface area contributed by atoms with Gasteiger partial charge in [-0.05, 0) is 32.2 Å². The quantitative estimate of drug-likeness (QED) is 0.0535. The van der Waals surface area contributed by atoms with Crippen molar-refractivity contribution >= 4 is 23.5 Å². The van der Waals surface area contributed by atoms with Crippen LogP contribution in [0.1, 0.15) is 89.2 Å². The second-order valence-corrected chi connectivity index (χ2v) is 16.1. The van der Waals surface area contributed by atoms with Crippen LogP contribution in [0, 0.1) is 17.8 Å². The molecule has 5 N–H and O–H groups in total. The van der Waals surface area contributed by atoms with Crippen molar-refractivity contribution in [3.63, 3.8) is 0 Å². The van der Waals surface area contributed by atoms with Crippen LogP contribution in [-0.4, -0.2) is 187 Å². The van der Waals surface area contributed by atoms with Gasteiger partial charge in [-0.25, -0.2) is 14.6 Å². The molecule has 0 radical (unpaired) electrons. The lowest BCUT2D eigenvalue weighted by Crippen LogP contribution is -2.44. The van der Waals surface area contributed by atoms with E-state index in [1.807, 2.05) is 13.8 Å². The summed E-state index contributed by atoms with van der Waals surface area (Å²) >= 11 is 0. The number of nitrogens with two attached hydrogens (primary N) is 1. The summed E-state index contributed by atoms with van der Waals surface area (Å²) in [5.41, 5.74) is 6.97. The molecule has 69 heavy (non-hydrogen) atoms. The number of amides is 3. The topological polar surface area (TPSA) is 270 Å². The molecule has 2 rings (SSSR count). The molecular formula is C47H79N9O13. The normalized spacial score (nSPS) is 11.7. The van der Waals surface area contributed by atoms with E-state index in [-0.39, 0.29) is 49.2 Å². The molecule has 0 saturated heterocycles. The highest BCUT2D eigenvalue weighted by atomic mass is 16.6. The van der Waals surface area contributed by atoms with Gasteiger partial charge < -0.3 is 64.3 Å². The Labute approximate surface area is 407 Å². The molecule has 2 aromatic heterocycles. The summed E-state index contributed by atoms with van der Waals surface area (Å²) in [4.78, 5) is 57.4. The third-order valence-corrected chi connectivity index (χ3v) is 9.48. The van der Waals surface area contributed by atoms with Gasteiger partial charge >= 0.3 is 0 Å². The number of hydrogen-bond donors (Lipinski definition) is 4. The number of ether oxygens (including phenoxy) is 9. The molecular weight excluding hydrogens is 899 g/mol. The standard InChI is InChI=1S/C47H79N9O13/c1-38(2)46(60)42(11-8-9-13-48)53-45(59)37-69-36-44(58)49-14-16-61-18-20-63-22-24-65-26-28-67-30-31-68-29-27-66-25-23-64-21-19-62-17-15-56-35-41(54-55-56)34-50-43(57)12-7-5-6-10-40-32-51-47(39(3)4)52-33-40/h32-33,35,38-39,42H,5,7-9,11-31,34,36-37,48H2,1-4H3,(H,49,58)(H,50,57)(H,53,59)/t42-/m0/s1. The third kappa shape index (κ3) is 33.6. The Morgan fingerprint density at radius 1 is 0.652 bits per heavy atom. The average Bonchev–Trinajstić information content (AvgIpc) is 3.80. The van der Waals surface area contributed by atoms with Gasteiger partial charge in [0.15, 0.2) is 5.78 Å². The van der Waals surface area contributed by atoms with Gasteiger partial charge in [0.25, 0.3) is 0 Å². The maximum absolute atomic E-state index is 12.4. The molecule has 22 nitrogen and oxygen atoms in total. The number of Topliss-reactive ketones (excluding diaryl/α,β-unsaturated/α-hetero) is 1. The van der Waals surface area contributed by atoms with Crippen molar-refractivity contribution < 1.29 is 61.8 Å². The fourth-order valence-electron chi connectivity index (χ4n) is 5.78. The Morgan fingerprint density at radius 3 is 1.72 bits per heavy atom. The van der Waals surface area contributed by atoms with Gasteiger partial charge in [-0.1, -0.05) is 44.7 Å². The number of carbonyl (C=O) groups excluding carboxylic acids is 4. The van der Waals surface area contributed by atoms with Crippen LogP contribution >= 0.6 is 0 Å². The number of hydrogen-bond acceptors (Lipinski definition) is 18. The van der Waals surface area contributed by atoms with E-state index >= 15 is 0 Å². The van der Waals surface area contributed by atoms with Gasteiger partial charge in [-0.15, -0.1) is 5.10 Å². The Morgan fingerprint density at radius 2 is 1.19 bits per heavy atom. The van der Waals surface area contributed by atoms with Gasteiger partial charge in [0.1, 0.15) is 24.7 Å². The maximum atomic E-state index is 12.4. The largest absolute Gasteiger partial charge is 0.377 e. The molecule has 0 saturated carbocycles. The van der Waals surface area contributed by atoms with Gasteiger partial charge in [0.2, 0.25) is 17.7 Å². The maximum Gasteiger partial charge on any atom is 0.246 e. The zero-order valence-corrected chi connectivity index (χ0v) is 41.4. The Hall–Kier alpha value is -4.54. The highest BCUT2D eigenvalue weighted by molar-refractivity contribution is 5.90. The molecule has 3 amide bonds. The second kappa shape index (κ2) is 41.3. The van der Waals surface area contributed by atoms with E-state index in [1.165, 1.54) is 0 Å². The van der Waals surface area contributed by atoms with Crippen molar-refractivity contribution in [3.05, 3.63) is 35.7 Å². The summed E-state index contributed by atoms with van der Waals surface area (Å²) in [7, 11) is 0. The molecule has 2 heterocycles. The molecule has 22 heteroatoms. The highest BCUT2D eigenvalue weighted by Crippen LogP contribution is 2.09. The van der Waals surface area contributed by atoms with E-state index < -0.39 is 11.9 Å². The van der Waals surface area contributed by atoms with Crippen LogP contribution in [0.2, 0.25) is 0 Å². The van der Waals surface area contributed by atoms with Crippen LogP contribution < -0.4 is 21.7 Å². The summed E-state index contributed by atoms with van der Waals surface area (Å²) in [5.74, 6) is 6.04. The summed E-state index contributed by atoms with van der Waals surface area (Å²) in [6.07, 6.45) is 8.90. The zero-order chi connectivity index (χ0) is 50.0. The number of carbonyl (C=O) groups is 4. The third-order valence-electron chi connectivity index (χ3n) is 9.48. The van der Waals surface area contributed by atoms with Crippen molar-refractivity contribution in [2.45, 2.75) is 91.3 Å². The molecule has 0 unspecified atom stereocenters. The Kier molecular flexibility index (Phi) is 36.2. The Bertz CT molecular complexity index is 1710. The minimum Gasteiger partial charge on any atom is -0.377 e. The first-order chi connectivity index (χ1) is 33.6. The Balaban J connectivity index is 1.26. The molecule has 390 valence electrons. The summed E-state index contributed by atoms with van der Waals surface area (Å²) in [5, 5.41) is 16.4. The lowest BCUT2D eigenvalue weighted by atomic mass is 9.97. The smallest absolute Gasteiger partial charge is 0.246 e. The number of aromatic nitrogens is 5. The fourth-order valence-corrected chi connectivity index (χ4v) is 5.78. The van der Waals surface area contributed by atoms with Crippen molar-refractivity contribution in [1.29, 1.82) is 0 Å². The minimum absolute atomic E-state index is 0.0432. The van der Waals surface area contributed by atoms with Crippen molar-refractivity contribution in [2.24, 2.45) is 11.7 Å². The monoisotopic (exact) mass is 978 g/mol. The van der Waals surface area contributed by atoms with Gasteiger partial charge in [0, 0.05) is 43.6 Å². The molecule has 0 aliphatic heterocycles. The van der Waals surface area contributed by atoms with Crippen molar-refractivity contribution in [2.75, 3.05) is 132 Å². The van der Waals surface area contributed by atoms with E-state index in [0.29, 0.717) is 157 Å². The van der Waals surface area contributed by atoms with E-state index in [0.717, 1.165) is 24.2 Å². The lowest BCUT2D eigenvalue weighted by Gasteiger charge is -2.19. The van der Waals surface area contributed by atoms with Gasteiger partial charge in [0.05, 0.1) is 137 Å². The molecule has 2 aromatic rings. The van der Waals surface area contributed by atoms with Gasteiger partial charge in [-0.2, -0.15) is 0 Å². The van der Waals surface area contributed by atoms with Crippen LogP contribution in [0.15, 0.2) is 18.6 Å². The number of nitrogens with one attached hydrogen (secondary N) is 3. The summed E-state index contributed by atoms with van der Waals surface area (Å²) in [6, 6.07) is -0.590. The molecule has 0 aliphatic rings. The number of rotatable bonds is 44. The molecule has 1 atom stereocenters. The highest BCUT2D eigenvalue weighted by Gasteiger charge is 2.23. The first kappa shape index (κ1) is 60.6. The summed E-state index contributed by atoms with van der Waals surface area (Å²) < 4.78 is 51.0. The van der Waals surface area contributed by atoms with Crippen LogP contribution in [-0.2, 0) is 74.9 Å². The predicted molar refractivity (Wildman–Crippen MR) is 254 cm³/mol. The number of unbranched alkanes of at least 4 members (excludes halogenated alkanes) is 2. The number of ketones is 1. The average molecular weight is 978 g/mol. The molecule has 0 bridgehead atoms. The molecule has 0 fully saturated rings. The van der Waals surface area contributed by atoms with Crippen LogP contribution in [0.5, 0.6) is 0 Å². The lowest BCUT2D eigenvalue weighted by molar-refractivity contribution is -0.134. The first-order valence-corrected chi connectivity index (χ1v) is 24.0. The summed E-state index contributed by atoms with van der Waals surface area (Å²) in [6.45, 7) is 15.5. The molecule has 0 aromatic carbocycles. The fraction of sp³-hybridized carbons (Fsp3) is 0.745. The van der Waals surface area contributed by atoms with Crippen LogP contribution in [0.4, 0.5) is 0 Å². The van der Waals surface area contributed by atoms with Gasteiger partial charge in [-0.3, -0.25) is 19.2 Å². The zero-order valence-electron chi connectivity index (χ0n) is 41.4. The van der Waals surface area contributed by atoms with Crippen LogP contribution in [0.25, 0.3) is 0 Å². The SMILES string of the molecule is CC(C)C(=O)[C@H](CCCCN)NC(=O)COCC(=O)NCCOCCOCCOCCOCCOCCOCCOCCOCCn1cc(CNC(=O)CCCC#Cc2cnc(C(C)C)nc2)nn1. The first-order valence-electron chi connectivity index (χ1n) is 24.0. The molecule has 0 aliphatic carbocycles. The molecule has 0 spiro atoms. The number of nitrogens with zero attached hydrogens (tertiary/aromatic N) is 5. The minimum atomic E-state index is -0.590. The second-order valence-electron chi connectivity index (χ2n) is 16.1. The van der Waals surface area contributed by atoms with Crippen molar-refractivity contribution in [3.8, 4) is 11.8 Å². The van der Waals surface area contributed by atoms with E-state index in [1.54, 1.807) is 37.1 Å². The van der Waals surface area contributed by atoms with Crippen molar-refractivity contribution in [1.82, 2.24) is 40.9 Å².